The van der Waals surface area contributed by atoms with Crippen molar-refractivity contribution < 1.29 is 19.1 Å². The van der Waals surface area contributed by atoms with Crippen LogP contribution in [0.25, 0.3) is 0 Å². The van der Waals surface area contributed by atoms with Gasteiger partial charge >= 0.3 is 11.9 Å². The summed E-state index contributed by atoms with van der Waals surface area (Å²) < 4.78 is 11.1. The molecule has 0 bridgehead atoms. The van der Waals surface area contributed by atoms with Crippen LogP contribution in [0.2, 0.25) is 0 Å². The molecule has 0 aliphatic heterocycles. The number of rotatable bonds is 18. The molecule has 3 aromatic carbocycles. The van der Waals surface area contributed by atoms with E-state index in [9.17, 15) is 9.59 Å². The van der Waals surface area contributed by atoms with E-state index in [0.717, 1.165) is 75.3 Å². The molecular formula is C58H86O4. The average molecular weight is 847 g/mol. The first-order chi connectivity index (χ1) is 29.1. The van der Waals surface area contributed by atoms with Crippen LogP contribution in [0.15, 0.2) is 0 Å². The van der Waals surface area contributed by atoms with E-state index in [2.05, 4.69) is 111 Å². The van der Waals surface area contributed by atoms with Crippen molar-refractivity contribution >= 4 is 11.9 Å². The Balaban J connectivity index is 1.98. The number of esters is 2. The summed E-state index contributed by atoms with van der Waals surface area (Å²) >= 11 is 0. The fourth-order valence-electron chi connectivity index (χ4n) is 11.4. The second kappa shape index (κ2) is 20.6. The van der Waals surface area contributed by atoms with Crippen molar-refractivity contribution in [3.05, 3.63) is 100 Å². The Kier molecular flexibility index (Phi) is 16.5. The number of methoxy groups -OCH3 is 2. The molecule has 0 fully saturated rings. The number of carbonyl (C=O) groups excluding carboxylic acids is 2. The van der Waals surface area contributed by atoms with Gasteiger partial charge in [0.1, 0.15) is 0 Å². The number of fused-ring (bicyclic) bond motifs is 4. The first-order valence-electron chi connectivity index (χ1n) is 24.8. The second-order valence-electron chi connectivity index (χ2n) is 22.9. The summed E-state index contributed by atoms with van der Waals surface area (Å²) in [4.78, 5) is 28.1. The van der Waals surface area contributed by atoms with Crippen LogP contribution in [-0.2, 0) is 86.5 Å². The first-order valence-corrected chi connectivity index (χ1v) is 24.8. The van der Waals surface area contributed by atoms with Crippen molar-refractivity contribution in [3.8, 4) is 0 Å². The van der Waals surface area contributed by atoms with Gasteiger partial charge in [-0.2, -0.15) is 0 Å². The highest BCUT2D eigenvalue weighted by Gasteiger charge is 2.38. The SMILES string of the molecule is COC(=O)c1c(CC(C)C)c2c(c(CC(C)C)c1C(=O)OC)Cc1c(c(CC(C)C)c3c(c1CC(C)C)Cc1c(c(CC(C)C)c(CC(C)C)c(CC(C)C)c1CC(C)C)C3)C2. The van der Waals surface area contributed by atoms with Crippen molar-refractivity contribution in [3.63, 3.8) is 0 Å². The van der Waals surface area contributed by atoms with Gasteiger partial charge in [-0.15, -0.1) is 0 Å². The van der Waals surface area contributed by atoms with E-state index < -0.39 is 11.9 Å². The lowest BCUT2D eigenvalue weighted by Gasteiger charge is -2.38. The highest BCUT2D eigenvalue weighted by molar-refractivity contribution is 6.06. The molecule has 0 spiro atoms. The van der Waals surface area contributed by atoms with Gasteiger partial charge in [0.15, 0.2) is 0 Å². The molecule has 0 heterocycles. The Bertz CT molecular complexity index is 1970. The third-order valence-electron chi connectivity index (χ3n) is 13.4. The monoisotopic (exact) mass is 847 g/mol. The van der Waals surface area contributed by atoms with Gasteiger partial charge in [-0.25, -0.2) is 9.59 Å². The summed E-state index contributed by atoms with van der Waals surface area (Å²) in [6, 6.07) is 0. The molecule has 0 atom stereocenters. The van der Waals surface area contributed by atoms with Crippen molar-refractivity contribution in [1.29, 1.82) is 0 Å². The molecule has 0 aromatic heterocycles. The highest BCUT2D eigenvalue weighted by Crippen LogP contribution is 2.48. The molecule has 0 saturated heterocycles. The summed E-state index contributed by atoms with van der Waals surface area (Å²) in [5.41, 5.74) is 24.6. The first kappa shape index (κ1) is 49.6. The van der Waals surface area contributed by atoms with Gasteiger partial charge in [0.05, 0.1) is 25.3 Å². The van der Waals surface area contributed by atoms with E-state index in [1.54, 1.807) is 55.6 Å². The van der Waals surface area contributed by atoms with E-state index in [4.69, 9.17) is 9.47 Å². The van der Waals surface area contributed by atoms with Gasteiger partial charge in [0.25, 0.3) is 0 Å². The number of hydrogen-bond donors (Lipinski definition) is 0. The minimum absolute atomic E-state index is 0.275. The quantitative estimate of drug-likeness (QED) is 0.0825. The lowest BCUT2D eigenvalue weighted by Crippen LogP contribution is -2.29. The summed E-state index contributed by atoms with van der Waals surface area (Å²) in [7, 11) is 2.89. The minimum Gasteiger partial charge on any atom is -0.465 e. The number of benzene rings is 3. The molecule has 4 heteroatoms. The van der Waals surface area contributed by atoms with Crippen LogP contribution in [0.1, 0.15) is 221 Å². The average Bonchev–Trinajstić information content (AvgIpc) is 3.16. The molecule has 342 valence electrons. The topological polar surface area (TPSA) is 52.6 Å². The smallest absolute Gasteiger partial charge is 0.339 e. The number of ether oxygens (including phenoxy) is 2. The summed E-state index contributed by atoms with van der Waals surface area (Å²) in [6.45, 7) is 37.7. The van der Waals surface area contributed by atoms with Gasteiger partial charge < -0.3 is 9.47 Å². The summed E-state index contributed by atoms with van der Waals surface area (Å²) in [6.07, 6.45) is 11.5. The molecule has 5 rings (SSSR count). The Morgan fingerprint density at radius 2 is 0.484 bits per heavy atom. The molecule has 3 aromatic rings. The van der Waals surface area contributed by atoms with Gasteiger partial charge in [-0.1, -0.05) is 111 Å². The third-order valence-corrected chi connectivity index (χ3v) is 13.4. The number of carbonyl (C=O) groups is 2. The maximum atomic E-state index is 14.1. The predicted octanol–water partition coefficient (Wildman–Crippen LogP) is 13.8. The molecule has 0 amide bonds. The zero-order valence-electron chi connectivity index (χ0n) is 42.7. The largest absolute Gasteiger partial charge is 0.465 e. The van der Waals surface area contributed by atoms with Crippen LogP contribution in [0, 0.1) is 47.3 Å². The van der Waals surface area contributed by atoms with E-state index in [-0.39, 0.29) is 11.8 Å². The molecule has 0 unspecified atom stereocenters. The van der Waals surface area contributed by atoms with Gasteiger partial charge in [-0.3, -0.25) is 0 Å². The predicted molar refractivity (Wildman–Crippen MR) is 262 cm³/mol. The highest BCUT2D eigenvalue weighted by atomic mass is 16.5. The third kappa shape index (κ3) is 10.6. The molecule has 0 N–H and O–H groups in total. The van der Waals surface area contributed by atoms with E-state index in [0.29, 0.717) is 59.5 Å². The maximum absolute atomic E-state index is 14.1. The molecule has 0 radical (unpaired) electrons. The molecular weight excluding hydrogens is 761 g/mol. The lowest BCUT2D eigenvalue weighted by molar-refractivity contribution is 0.0552. The second-order valence-corrected chi connectivity index (χ2v) is 22.9. The maximum Gasteiger partial charge on any atom is 0.339 e. The summed E-state index contributed by atoms with van der Waals surface area (Å²) in [5, 5.41) is 0. The molecule has 4 nitrogen and oxygen atoms in total. The van der Waals surface area contributed by atoms with Crippen LogP contribution in [-0.4, -0.2) is 26.2 Å². The van der Waals surface area contributed by atoms with Crippen LogP contribution in [0.5, 0.6) is 0 Å². The van der Waals surface area contributed by atoms with Gasteiger partial charge in [-0.05, 0) is 213 Å². The fraction of sp³-hybridized carbons (Fsp3) is 0.655. The molecule has 2 aliphatic carbocycles. The van der Waals surface area contributed by atoms with Crippen molar-refractivity contribution in [2.75, 3.05) is 14.2 Å². The van der Waals surface area contributed by atoms with Crippen LogP contribution in [0.3, 0.4) is 0 Å². The van der Waals surface area contributed by atoms with Crippen molar-refractivity contribution in [1.82, 2.24) is 0 Å². The van der Waals surface area contributed by atoms with Gasteiger partial charge in [0, 0.05) is 0 Å². The van der Waals surface area contributed by atoms with Crippen LogP contribution in [0.4, 0.5) is 0 Å². The van der Waals surface area contributed by atoms with Crippen molar-refractivity contribution in [2.45, 2.75) is 188 Å². The molecule has 62 heavy (non-hydrogen) atoms. The van der Waals surface area contributed by atoms with Crippen molar-refractivity contribution in [2.24, 2.45) is 47.3 Å². The standard InChI is InChI=1S/C58H86O4/c1-31(2)19-39-40(20-32(3)4)42(22-34(7)8)46-28-48-44(24-36(11)12)50-30-52-51(29-49(50)43(23-35(9)10)47(48)27-45(46)41(39)21-33(5)6)53(25-37(13)14)55(57(59)61-17)56(58(60)62-18)54(52)26-38(15)16/h31-38H,19-30H2,1-18H3. The number of hydrogen-bond acceptors (Lipinski definition) is 4. The Morgan fingerprint density at radius 3 is 0.710 bits per heavy atom. The molecule has 0 saturated carbocycles. The fourth-order valence-corrected chi connectivity index (χ4v) is 11.4. The van der Waals surface area contributed by atoms with Gasteiger partial charge in [0.2, 0.25) is 0 Å². The van der Waals surface area contributed by atoms with Crippen LogP contribution < -0.4 is 0 Å². The minimum atomic E-state index is -0.437. The van der Waals surface area contributed by atoms with E-state index in [1.807, 2.05) is 0 Å². The normalized spacial score (nSPS) is 13.6. The zero-order valence-corrected chi connectivity index (χ0v) is 42.7. The van der Waals surface area contributed by atoms with Crippen LogP contribution >= 0.6 is 0 Å². The Morgan fingerprint density at radius 1 is 0.306 bits per heavy atom. The van der Waals surface area contributed by atoms with E-state index in [1.165, 1.54) is 36.5 Å². The Hall–Kier alpha value is -3.40. The lowest BCUT2D eigenvalue weighted by atomic mass is 9.66. The van der Waals surface area contributed by atoms with E-state index >= 15 is 0 Å². The Labute approximate surface area is 379 Å². The molecule has 2 aliphatic rings. The summed E-state index contributed by atoms with van der Waals surface area (Å²) in [5.74, 6) is 2.96. The zero-order chi connectivity index (χ0) is 46.1.